The maximum absolute atomic E-state index is 4.62. The van der Waals surface area contributed by atoms with Crippen LogP contribution in [0.5, 0.6) is 0 Å². The highest BCUT2D eigenvalue weighted by atomic mass is 32.1. The number of rotatable bonds is 4. The second-order valence-corrected chi connectivity index (χ2v) is 7.39. The molecular formula is C18H19N7S. The van der Waals surface area contributed by atoms with Gasteiger partial charge in [0.1, 0.15) is 0 Å². The summed E-state index contributed by atoms with van der Waals surface area (Å²) in [5.41, 5.74) is 4.74. The van der Waals surface area contributed by atoms with Crippen molar-refractivity contribution in [2.75, 3.05) is 6.54 Å². The van der Waals surface area contributed by atoms with Crippen molar-refractivity contribution >= 4 is 11.3 Å². The van der Waals surface area contributed by atoms with E-state index in [1.807, 2.05) is 29.5 Å². The third-order valence-electron chi connectivity index (χ3n) is 4.89. The lowest BCUT2D eigenvalue weighted by molar-refractivity contribution is 0.197. The third-order valence-corrected chi connectivity index (χ3v) is 5.66. The second kappa shape index (κ2) is 6.22. The highest BCUT2D eigenvalue weighted by Gasteiger charge is 2.32. The molecule has 0 fully saturated rings. The van der Waals surface area contributed by atoms with Gasteiger partial charge < -0.3 is 4.98 Å². The Balaban J connectivity index is 1.51. The number of hydrogen-bond acceptors (Lipinski definition) is 5. The quantitative estimate of drug-likeness (QED) is 0.603. The number of H-pyrrole nitrogens is 1. The van der Waals surface area contributed by atoms with Crippen LogP contribution in [0, 0.1) is 0 Å². The van der Waals surface area contributed by atoms with Gasteiger partial charge in [0.25, 0.3) is 0 Å². The van der Waals surface area contributed by atoms with E-state index in [2.05, 4.69) is 54.0 Å². The van der Waals surface area contributed by atoms with Crippen LogP contribution in [0.2, 0.25) is 0 Å². The summed E-state index contributed by atoms with van der Waals surface area (Å²) in [4.78, 5) is 14.8. The van der Waals surface area contributed by atoms with E-state index in [-0.39, 0.29) is 6.04 Å². The van der Waals surface area contributed by atoms with Gasteiger partial charge in [-0.3, -0.25) is 14.1 Å². The van der Waals surface area contributed by atoms with Gasteiger partial charge in [0, 0.05) is 67.5 Å². The average molecular weight is 365 g/mol. The SMILES string of the molecule is Cn1cc([C@@H]2c3nc[nH]c3CCN2Cc2cccn2-c2nccs2)cn1. The topological polar surface area (TPSA) is 67.6 Å². The molecule has 5 heterocycles. The lowest BCUT2D eigenvalue weighted by Crippen LogP contribution is -2.36. The van der Waals surface area contributed by atoms with Crippen LogP contribution in [0.3, 0.4) is 0 Å². The fourth-order valence-electron chi connectivity index (χ4n) is 3.72. The van der Waals surface area contributed by atoms with Crippen molar-refractivity contribution < 1.29 is 0 Å². The molecule has 0 saturated heterocycles. The zero-order valence-corrected chi connectivity index (χ0v) is 15.2. The molecule has 0 bridgehead atoms. The molecule has 132 valence electrons. The average Bonchev–Trinajstić information content (AvgIpc) is 3.42. The molecule has 7 nitrogen and oxygen atoms in total. The van der Waals surface area contributed by atoms with E-state index in [9.17, 15) is 0 Å². The Morgan fingerprint density at radius 3 is 3.12 bits per heavy atom. The number of imidazole rings is 1. The molecule has 1 aliphatic rings. The Hall–Kier alpha value is -2.71. The molecule has 4 aromatic heterocycles. The smallest absolute Gasteiger partial charge is 0.193 e. The van der Waals surface area contributed by atoms with E-state index in [0.29, 0.717) is 0 Å². The minimum atomic E-state index is 0.110. The van der Waals surface area contributed by atoms with Gasteiger partial charge in [0.05, 0.1) is 24.3 Å². The molecule has 1 N–H and O–H groups in total. The van der Waals surface area contributed by atoms with E-state index in [0.717, 1.165) is 30.3 Å². The third kappa shape index (κ3) is 2.58. The number of hydrogen-bond donors (Lipinski definition) is 1. The summed E-state index contributed by atoms with van der Waals surface area (Å²) >= 11 is 1.65. The van der Waals surface area contributed by atoms with Crippen molar-refractivity contribution in [1.82, 2.24) is 34.2 Å². The number of aromatic amines is 1. The first-order chi connectivity index (χ1) is 12.8. The van der Waals surface area contributed by atoms with Crippen LogP contribution in [0.4, 0.5) is 0 Å². The van der Waals surface area contributed by atoms with Gasteiger partial charge in [-0.2, -0.15) is 5.10 Å². The van der Waals surface area contributed by atoms with Crippen LogP contribution in [0.1, 0.15) is 28.7 Å². The molecule has 0 amide bonds. The largest absolute Gasteiger partial charge is 0.348 e. The monoisotopic (exact) mass is 365 g/mol. The van der Waals surface area contributed by atoms with Crippen LogP contribution in [-0.4, -0.2) is 40.7 Å². The van der Waals surface area contributed by atoms with Crippen LogP contribution in [0.15, 0.2) is 48.6 Å². The summed E-state index contributed by atoms with van der Waals surface area (Å²) in [6.45, 7) is 1.80. The molecule has 0 aliphatic carbocycles. The second-order valence-electron chi connectivity index (χ2n) is 6.52. The number of thiazole rings is 1. The first kappa shape index (κ1) is 15.5. The van der Waals surface area contributed by atoms with Crippen molar-refractivity contribution in [3.63, 3.8) is 0 Å². The summed E-state index contributed by atoms with van der Waals surface area (Å²) < 4.78 is 4.03. The van der Waals surface area contributed by atoms with E-state index in [1.165, 1.54) is 17.0 Å². The van der Waals surface area contributed by atoms with Crippen molar-refractivity contribution in [3.05, 3.63) is 71.3 Å². The Bertz CT molecular complexity index is 1010. The van der Waals surface area contributed by atoms with Gasteiger partial charge >= 0.3 is 0 Å². The predicted octanol–water partition coefficient (Wildman–Crippen LogP) is 2.54. The van der Waals surface area contributed by atoms with E-state index in [4.69, 9.17) is 0 Å². The Morgan fingerprint density at radius 1 is 1.35 bits per heavy atom. The summed E-state index contributed by atoms with van der Waals surface area (Å²) in [6.07, 6.45) is 10.7. The number of nitrogens with one attached hydrogen (secondary N) is 1. The Labute approximate surface area is 154 Å². The Kier molecular flexibility index (Phi) is 3.72. The molecule has 5 rings (SSSR count). The standard InChI is InChI=1S/C18H19N7S/c1-23-10-13(9-22-23)17-16-15(20-12-21-16)4-7-24(17)11-14-3-2-6-25(14)18-19-5-8-26-18/h2-3,5-6,8-10,12,17H,4,7,11H2,1H3,(H,20,21)/t17-/m1/s1. The van der Waals surface area contributed by atoms with Gasteiger partial charge in [0.2, 0.25) is 0 Å². The molecule has 1 aliphatic heterocycles. The molecule has 0 saturated carbocycles. The van der Waals surface area contributed by atoms with Gasteiger partial charge in [-0.15, -0.1) is 11.3 Å². The van der Waals surface area contributed by atoms with Crippen LogP contribution in [-0.2, 0) is 20.0 Å². The molecular weight excluding hydrogens is 346 g/mol. The summed E-state index contributed by atoms with van der Waals surface area (Å²) in [6, 6.07) is 4.36. The minimum Gasteiger partial charge on any atom is -0.348 e. The highest BCUT2D eigenvalue weighted by Crippen LogP contribution is 2.34. The van der Waals surface area contributed by atoms with E-state index < -0.39 is 0 Å². The summed E-state index contributed by atoms with van der Waals surface area (Å²) in [5, 5.41) is 7.39. The van der Waals surface area contributed by atoms with E-state index in [1.54, 1.807) is 17.7 Å². The molecule has 0 radical (unpaired) electrons. The first-order valence-electron chi connectivity index (χ1n) is 8.60. The molecule has 4 aromatic rings. The normalized spacial score (nSPS) is 17.5. The van der Waals surface area contributed by atoms with Gasteiger partial charge in [-0.25, -0.2) is 9.97 Å². The van der Waals surface area contributed by atoms with Crippen LogP contribution >= 0.6 is 11.3 Å². The molecule has 0 spiro atoms. The molecule has 0 aromatic carbocycles. The lowest BCUT2D eigenvalue weighted by Gasteiger charge is -2.34. The summed E-state index contributed by atoms with van der Waals surface area (Å²) in [7, 11) is 1.95. The first-order valence-corrected chi connectivity index (χ1v) is 9.48. The maximum Gasteiger partial charge on any atom is 0.193 e. The van der Waals surface area contributed by atoms with Crippen molar-refractivity contribution in [2.24, 2.45) is 7.05 Å². The highest BCUT2D eigenvalue weighted by molar-refractivity contribution is 7.12. The molecule has 26 heavy (non-hydrogen) atoms. The minimum absolute atomic E-state index is 0.110. The number of aryl methyl sites for hydroxylation is 1. The fourth-order valence-corrected chi connectivity index (χ4v) is 4.38. The molecule has 0 unspecified atom stereocenters. The van der Waals surface area contributed by atoms with Crippen molar-refractivity contribution in [1.29, 1.82) is 0 Å². The fraction of sp³-hybridized carbons (Fsp3) is 0.278. The Morgan fingerprint density at radius 2 is 2.31 bits per heavy atom. The van der Waals surface area contributed by atoms with Crippen molar-refractivity contribution in [3.8, 4) is 5.13 Å². The molecule has 8 heteroatoms. The van der Waals surface area contributed by atoms with Gasteiger partial charge in [-0.1, -0.05) is 0 Å². The number of aromatic nitrogens is 6. The maximum atomic E-state index is 4.62. The van der Waals surface area contributed by atoms with Gasteiger partial charge in [0.15, 0.2) is 5.13 Å². The zero-order chi connectivity index (χ0) is 17.5. The van der Waals surface area contributed by atoms with E-state index >= 15 is 0 Å². The lowest BCUT2D eigenvalue weighted by atomic mass is 9.98. The zero-order valence-electron chi connectivity index (χ0n) is 14.4. The van der Waals surface area contributed by atoms with Crippen LogP contribution < -0.4 is 0 Å². The number of fused-ring (bicyclic) bond motifs is 1. The number of nitrogens with zero attached hydrogens (tertiary/aromatic N) is 6. The molecule has 1 atom stereocenters. The van der Waals surface area contributed by atoms with Crippen LogP contribution in [0.25, 0.3) is 5.13 Å². The summed E-state index contributed by atoms with van der Waals surface area (Å²) in [5.74, 6) is 0. The predicted molar refractivity (Wildman–Crippen MR) is 99.2 cm³/mol. The van der Waals surface area contributed by atoms with Crippen molar-refractivity contribution in [2.45, 2.75) is 19.0 Å². The van der Waals surface area contributed by atoms with Gasteiger partial charge in [-0.05, 0) is 12.1 Å².